The number of nitrogens with zero attached hydrogens (tertiary/aromatic N) is 1. The molecule has 0 radical (unpaired) electrons. The maximum Gasteiger partial charge on any atom is 0.316 e. The molecular weight excluding hydrogens is 230 g/mol. The zero-order valence-corrected chi connectivity index (χ0v) is 11.3. The maximum atomic E-state index is 11.6. The Hall–Kier alpha value is -1.63. The largest absolute Gasteiger partial charge is 0.468 e. The van der Waals surface area contributed by atoms with E-state index in [9.17, 15) is 9.59 Å². The molecule has 0 spiro atoms. The van der Waals surface area contributed by atoms with Gasteiger partial charge in [-0.2, -0.15) is 5.26 Å². The predicted molar refractivity (Wildman–Crippen MR) is 68.6 cm³/mol. The van der Waals surface area contributed by atoms with Crippen molar-refractivity contribution in [2.75, 3.05) is 7.11 Å². The van der Waals surface area contributed by atoms with Crippen molar-refractivity contribution < 1.29 is 14.3 Å². The van der Waals surface area contributed by atoms with Crippen LogP contribution in [0.1, 0.15) is 39.5 Å². The summed E-state index contributed by atoms with van der Waals surface area (Å²) >= 11 is 0. The van der Waals surface area contributed by atoms with Crippen molar-refractivity contribution in [3.8, 4) is 6.07 Å². The van der Waals surface area contributed by atoms with Crippen LogP contribution in [0.3, 0.4) is 0 Å². The molecule has 0 rings (SSSR count). The van der Waals surface area contributed by atoms with Crippen molar-refractivity contribution in [1.82, 2.24) is 0 Å². The average molecular weight is 251 g/mol. The Morgan fingerprint density at radius 2 is 2.06 bits per heavy atom. The molecule has 18 heavy (non-hydrogen) atoms. The van der Waals surface area contributed by atoms with Crippen LogP contribution in [0.4, 0.5) is 0 Å². The molecule has 0 bridgehead atoms. The smallest absolute Gasteiger partial charge is 0.316 e. The molecule has 0 fully saturated rings. The molecule has 0 heterocycles. The van der Waals surface area contributed by atoms with Gasteiger partial charge in [0, 0.05) is 6.08 Å². The van der Waals surface area contributed by atoms with E-state index in [0.717, 1.165) is 19.3 Å². The Morgan fingerprint density at radius 3 is 2.50 bits per heavy atom. The Balaban J connectivity index is 4.87. The van der Waals surface area contributed by atoms with Crippen LogP contribution in [0.15, 0.2) is 12.2 Å². The summed E-state index contributed by atoms with van der Waals surface area (Å²) in [5, 5.41) is 8.57. The van der Waals surface area contributed by atoms with Crippen molar-refractivity contribution >= 4 is 11.8 Å². The van der Waals surface area contributed by atoms with Crippen LogP contribution in [-0.2, 0) is 14.3 Å². The lowest BCUT2D eigenvalue weighted by atomic mass is 9.85. The maximum absolute atomic E-state index is 11.6. The van der Waals surface area contributed by atoms with Gasteiger partial charge in [-0.3, -0.25) is 9.59 Å². The molecule has 0 amide bonds. The second kappa shape index (κ2) is 9.41. The molecule has 0 aliphatic heterocycles. The molecule has 4 nitrogen and oxygen atoms in total. The second-order valence-corrected chi connectivity index (χ2v) is 4.26. The fourth-order valence-electron chi connectivity index (χ4n) is 1.94. The van der Waals surface area contributed by atoms with Gasteiger partial charge in [0.2, 0.25) is 0 Å². The number of allylic oxidation sites excluding steroid dienone is 2. The van der Waals surface area contributed by atoms with E-state index in [2.05, 4.69) is 11.7 Å². The lowest BCUT2D eigenvalue weighted by Gasteiger charge is -2.19. The highest BCUT2D eigenvalue weighted by atomic mass is 16.5. The molecule has 0 aromatic rings. The summed E-state index contributed by atoms with van der Waals surface area (Å²) in [6, 6.07) is 1.90. The van der Waals surface area contributed by atoms with E-state index in [1.807, 2.05) is 6.07 Å². The van der Waals surface area contributed by atoms with Crippen LogP contribution in [0, 0.1) is 23.2 Å². The van der Waals surface area contributed by atoms with E-state index in [1.165, 1.54) is 20.1 Å². The normalized spacial score (nSPS) is 13.9. The first-order valence-corrected chi connectivity index (χ1v) is 6.23. The molecule has 100 valence electrons. The average Bonchev–Trinajstić information content (AvgIpc) is 2.35. The van der Waals surface area contributed by atoms with Gasteiger partial charge in [-0.05, 0) is 19.3 Å². The van der Waals surface area contributed by atoms with E-state index in [4.69, 9.17) is 5.26 Å². The fourth-order valence-corrected chi connectivity index (χ4v) is 1.94. The third-order valence-electron chi connectivity index (χ3n) is 2.88. The summed E-state index contributed by atoms with van der Waals surface area (Å²) < 4.78 is 4.66. The van der Waals surface area contributed by atoms with E-state index >= 15 is 0 Å². The number of hydrogen-bond acceptors (Lipinski definition) is 4. The predicted octanol–water partition coefficient (Wildman–Crippen LogP) is 2.64. The molecule has 0 aliphatic carbocycles. The van der Waals surface area contributed by atoms with Crippen molar-refractivity contribution in [1.29, 1.82) is 5.26 Å². The standard InChI is InChI=1S/C14H21NO3/c1-4-5-6-8-12(9-7-10-15)13(11(2)16)14(17)18-3/h7,9,12-13H,4-6,8H2,1-3H3/b9-7+. The number of hydrogen-bond donors (Lipinski definition) is 0. The Kier molecular flexibility index (Phi) is 8.55. The number of carbonyl (C=O) groups is 2. The van der Waals surface area contributed by atoms with Crippen LogP contribution in [0.5, 0.6) is 0 Å². The number of methoxy groups -OCH3 is 1. The van der Waals surface area contributed by atoms with Crippen molar-refractivity contribution in [2.45, 2.75) is 39.5 Å². The van der Waals surface area contributed by atoms with Crippen molar-refractivity contribution in [3.63, 3.8) is 0 Å². The highest BCUT2D eigenvalue weighted by Crippen LogP contribution is 2.23. The number of rotatable bonds is 8. The summed E-state index contributed by atoms with van der Waals surface area (Å²) in [5.41, 5.74) is 0. The van der Waals surface area contributed by atoms with E-state index in [1.54, 1.807) is 6.08 Å². The number of ketones is 1. The molecular formula is C14H21NO3. The lowest BCUT2D eigenvalue weighted by Crippen LogP contribution is -2.30. The van der Waals surface area contributed by atoms with Gasteiger partial charge in [0.05, 0.1) is 13.2 Å². The Bertz CT molecular complexity index is 341. The first-order valence-electron chi connectivity index (χ1n) is 6.23. The molecule has 0 N–H and O–H groups in total. The zero-order valence-electron chi connectivity index (χ0n) is 11.3. The van der Waals surface area contributed by atoms with Crippen LogP contribution in [0.2, 0.25) is 0 Å². The Morgan fingerprint density at radius 1 is 1.39 bits per heavy atom. The zero-order chi connectivity index (χ0) is 14.0. The summed E-state index contributed by atoms with van der Waals surface area (Å²) in [5.74, 6) is -1.78. The van der Waals surface area contributed by atoms with Crippen LogP contribution in [-0.4, -0.2) is 18.9 Å². The Labute approximate surface area is 109 Å². The molecule has 0 saturated carbocycles. The number of carbonyl (C=O) groups excluding carboxylic acids is 2. The van der Waals surface area contributed by atoms with Crippen molar-refractivity contribution in [3.05, 3.63) is 12.2 Å². The molecule has 2 unspecified atom stereocenters. The summed E-state index contributed by atoms with van der Waals surface area (Å²) in [4.78, 5) is 23.2. The minimum Gasteiger partial charge on any atom is -0.468 e. The number of nitriles is 1. The number of ether oxygens (including phenoxy) is 1. The van der Waals surface area contributed by atoms with Gasteiger partial charge in [-0.25, -0.2) is 0 Å². The van der Waals surface area contributed by atoms with Gasteiger partial charge in [0.15, 0.2) is 0 Å². The van der Waals surface area contributed by atoms with Gasteiger partial charge >= 0.3 is 5.97 Å². The topological polar surface area (TPSA) is 67.2 Å². The van der Waals surface area contributed by atoms with E-state index in [-0.39, 0.29) is 11.7 Å². The van der Waals surface area contributed by atoms with E-state index in [0.29, 0.717) is 6.42 Å². The van der Waals surface area contributed by atoms with Crippen LogP contribution < -0.4 is 0 Å². The molecule has 0 aromatic carbocycles. The molecule has 4 heteroatoms. The van der Waals surface area contributed by atoms with Gasteiger partial charge in [-0.15, -0.1) is 0 Å². The number of Topliss-reactive ketones (excluding diaryl/α,β-unsaturated/α-hetero) is 1. The highest BCUT2D eigenvalue weighted by molar-refractivity contribution is 5.98. The van der Waals surface area contributed by atoms with Crippen molar-refractivity contribution in [2.24, 2.45) is 11.8 Å². The number of unbranched alkanes of at least 4 members (excludes halogenated alkanes) is 2. The monoisotopic (exact) mass is 251 g/mol. The fraction of sp³-hybridized carbons (Fsp3) is 0.643. The molecule has 0 aliphatic rings. The lowest BCUT2D eigenvalue weighted by molar-refractivity contribution is -0.150. The van der Waals surface area contributed by atoms with Gasteiger partial charge in [0.25, 0.3) is 0 Å². The van der Waals surface area contributed by atoms with E-state index < -0.39 is 11.9 Å². The molecule has 2 atom stereocenters. The molecule has 0 aromatic heterocycles. The minimum absolute atomic E-state index is 0.217. The third kappa shape index (κ3) is 5.62. The second-order valence-electron chi connectivity index (χ2n) is 4.26. The summed E-state index contributed by atoms with van der Waals surface area (Å²) in [6.07, 6.45) is 6.72. The SMILES string of the molecule is CCCCCC(/C=C/C#N)C(C(C)=O)C(=O)OC. The first-order chi connectivity index (χ1) is 8.58. The third-order valence-corrected chi connectivity index (χ3v) is 2.88. The van der Waals surface area contributed by atoms with Gasteiger partial charge in [-0.1, -0.05) is 32.3 Å². The first kappa shape index (κ1) is 16.4. The summed E-state index contributed by atoms with van der Waals surface area (Å²) in [7, 11) is 1.27. The minimum atomic E-state index is -0.795. The quantitative estimate of drug-likeness (QED) is 0.288. The number of esters is 1. The van der Waals surface area contributed by atoms with Crippen LogP contribution in [0.25, 0.3) is 0 Å². The van der Waals surface area contributed by atoms with Gasteiger partial charge in [0.1, 0.15) is 11.7 Å². The van der Waals surface area contributed by atoms with Crippen LogP contribution >= 0.6 is 0 Å². The summed E-state index contributed by atoms with van der Waals surface area (Å²) in [6.45, 7) is 3.47. The van der Waals surface area contributed by atoms with Gasteiger partial charge < -0.3 is 4.74 Å². The molecule has 0 saturated heterocycles. The highest BCUT2D eigenvalue weighted by Gasteiger charge is 2.31.